The lowest BCUT2D eigenvalue weighted by Crippen LogP contribution is -2.38. The molecule has 4 nitrogen and oxygen atoms in total. The van der Waals surface area contributed by atoms with Crippen LogP contribution < -0.4 is 17.0 Å². The summed E-state index contributed by atoms with van der Waals surface area (Å²) in [6, 6.07) is 2.07. The smallest absolute Gasteiger partial charge is 0.128 e. The highest BCUT2D eigenvalue weighted by molar-refractivity contribution is 8.06. The minimum Gasteiger partial charge on any atom is -0.383 e. The predicted octanol–water partition coefficient (Wildman–Crippen LogP) is 1.33. The SMILES string of the molecule is Cc1ccnc(N)c1C(NN)C1CSCCS1. The van der Waals surface area contributed by atoms with Gasteiger partial charge < -0.3 is 5.73 Å². The molecule has 0 aliphatic carbocycles. The monoisotopic (exact) mass is 270 g/mol. The van der Waals surface area contributed by atoms with Crippen molar-refractivity contribution in [3.63, 3.8) is 0 Å². The fourth-order valence-electron chi connectivity index (χ4n) is 2.07. The van der Waals surface area contributed by atoms with Crippen molar-refractivity contribution in [3.05, 3.63) is 23.4 Å². The number of anilines is 1. The maximum Gasteiger partial charge on any atom is 0.128 e. The summed E-state index contributed by atoms with van der Waals surface area (Å²) in [7, 11) is 0. The molecule has 0 bridgehead atoms. The summed E-state index contributed by atoms with van der Waals surface area (Å²) < 4.78 is 0. The highest BCUT2D eigenvalue weighted by Gasteiger charge is 2.28. The van der Waals surface area contributed by atoms with Gasteiger partial charge in [-0.3, -0.25) is 11.3 Å². The van der Waals surface area contributed by atoms with Gasteiger partial charge in [-0.1, -0.05) is 0 Å². The van der Waals surface area contributed by atoms with E-state index in [4.69, 9.17) is 11.6 Å². The molecule has 0 radical (unpaired) electrons. The normalized spacial score (nSPS) is 22.4. The van der Waals surface area contributed by atoms with Gasteiger partial charge in [0.1, 0.15) is 5.82 Å². The number of hydrazine groups is 1. The van der Waals surface area contributed by atoms with Crippen molar-refractivity contribution in [2.24, 2.45) is 5.84 Å². The van der Waals surface area contributed by atoms with E-state index in [9.17, 15) is 0 Å². The molecule has 2 heterocycles. The quantitative estimate of drug-likeness (QED) is 0.568. The number of nitrogen functional groups attached to an aromatic ring is 1. The first-order valence-corrected chi connectivity index (χ1v) is 7.81. The Hall–Kier alpha value is -0.430. The number of rotatable bonds is 3. The highest BCUT2D eigenvalue weighted by Crippen LogP contribution is 2.35. The predicted molar refractivity (Wildman–Crippen MR) is 77.0 cm³/mol. The minimum absolute atomic E-state index is 0.0847. The molecule has 1 aromatic rings. The number of nitrogens with two attached hydrogens (primary N) is 2. The first kappa shape index (κ1) is 13.0. The maximum absolute atomic E-state index is 5.98. The van der Waals surface area contributed by atoms with Crippen molar-refractivity contribution in [1.29, 1.82) is 0 Å². The van der Waals surface area contributed by atoms with Gasteiger partial charge in [0.25, 0.3) is 0 Å². The van der Waals surface area contributed by atoms with Crippen LogP contribution in [0.3, 0.4) is 0 Å². The number of aryl methyl sites for hydroxylation is 1. The van der Waals surface area contributed by atoms with Crippen molar-refractivity contribution in [2.75, 3.05) is 23.0 Å². The van der Waals surface area contributed by atoms with Crippen LogP contribution >= 0.6 is 23.5 Å². The van der Waals surface area contributed by atoms with Gasteiger partial charge in [0.2, 0.25) is 0 Å². The van der Waals surface area contributed by atoms with Gasteiger partial charge in [-0.15, -0.1) is 0 Å². The number of aromatic nitrogens is 1. The second kappa shape index (κ2) is 5.95. The minimum atomic E-state index is 0.0847. The Morgan fingerprint density at radius 3 is 2.94 bits per heavy atom. The Bertz CT molecular complexity index is 359. The molecule has 5 N–H and O–H groups in total. The van der Waals surface area contributed by atoms with Crippen LogP contribution in [-0.2, 0) is 0 Å². The van der Waals surface area contributed by atoms with E-state index in [0.717, 1.165) is 16.9 Å². The molecule has 0 spiro atoms. The Morgan fingerprint density at radius 2 is 2.35 bits per heavy atom. The number of nitrogens with zero attached hydrogens (tertiary/aromatic N) is 1. The van der Waals surface area contributed by atoms with Gasteiger partial charge in [0.15, 0.2) is 0 Å². The molecule has 1 saturated heterocycles. The summed E-state index contributed by atoms with van der Waals surface area (Å²) in [5, 5.41) is 0.462. The molecule has 0 aromatic carbocycles. The van der Waals surface area contributed by atoms with Crippen LogP contribution in [0.2, 0.25) is 0 Å². The second-order valence-electron chi connectivity index (χ2n) is 4.06. The lowest BCUT2D eigenvalue weighted by molar-refractivity contribution is 0.550. The van der Waals surface area contributed by atoms with E-state index in [0.29, 0.717) is 11.1 Å². The van der Waals surface area contributed by atoms with Gasteiger partial charge in [-0.2, -0.15) is 23.5 Å². The molecule has 1 aliphatic rings. The van der Waals surface area contributed by atoms with Crippen LogP contribution in [0.4, 0.5) is 5.82 Å². The molecule has 1 aromatic heterocycles. The molecule has 2 rings (SSSR count). The van der Waals surface area contributed by atoms with Crippen LogP contribution in [0.15, 0.2) is 12.3 Å². The summed E-state index contributed by atoms with van der Waals surface area (Å²) in [4.78, 5) is 4.17. The average molecular weight is 270 g/mol. The molecule has 2 unspecified atom stereocenters. The Kier molecular flexibility index (Phi) is 4.55. The molecule has 94 valence electrons. The van der Waals surface area contributed by atoms with E-state index in [-0.39, 0.29) is 6.04 Å². The molecule has 1 aliphatic heterocycles. The summed E-state index contributed by atoms with van der Waals surface area (Å²) in [6.07, 6.45) is 1.74. The van der Waals surface area contributed by atoms with Crippen LogP contribution in [0.25, 0.3) is 0 Å². The zero-order valence-electron chi connectivity index (χ0n) is 9.85. The van der Waals surface area contributed by atoms with Crippen LogP contribution in [0.5, 0.6) is 0 Å². The third-order valence-electron chi connectivity index (χ3n) is 2.94. The number of nitrogens with one attached hydrogen (secondary N) is 1. The number of hydrogen-bond donors (Lipinski definition) is 3. The second-order valence-corrected chi connectivity index (χ2v) is 6.55. The molecular formula is C11H18N4S2. The molecule has 2 atom stereocenters. The van der Waals surface area contributed by atoms with Crippen LogP contribution in [0.1, 0.15) is 17.2 Å². The van der Waals surface area contributed by atoms with Gasteiger partial charge in [-0.05, 0) is 18.6 Å². The topological polar surface area (TPSA) is 77.0 Å². The first-order valence-electron chi connectivity index (χ1n) is 5.60. The van der Waals surface area contributed by atoms with Crippen LogP contribution in [0, 0.1) is 6.92 Å². The molecule has 6 heteroatoms. The highest BCUT2D eigenvalue weighted by atomic mass is 32.2. The largest absolute Gasteiger partial charge is 0.383 e. The molecular weight excluding hydrogens is 252 g/mol. The van der Waals surface area contributed by atoms with Crippen molar-refractivity contribution < 1.29 is 0 Å². The van der Waals surface area contributed by atoms with Gasteiger partial charge >= 0.3 is 0 Å². The van der Waals surface area contributed by atoms with Gasteiger partial charge in [0.05, 0.1) is 6.04 Å². The molecule has 17 heavy (non-hydrogen) atoms. The van der Waals surface area contributed by atoms with E-state index in [1.807, 2.05) is 29.6 Å². The first-order chi connectivity index (χ1) is 8.24. The lowest BCUT2D eigenvalue weighted by Gasteiger charge is -2.30. The zero-order chi connectivity index (χ0) is 12.3. The maximum atomic E-state index is 5.98. The summed E-state index contributed by atoms with van der Waals surface area (Å²) >= 11 is 3.94. The fraction of sp³-hybridized carbons (Fsp3) is 0.545. The number of pyridine rings is 1. The van der Waals surface area contributed by atoms with E-state index >= 15 is 0 Å². The standard InChI is InChI=1S/C11H18N4S2/c1-7-2-3-14-11(12)9(7)10(15-13)8-6-16-4-5-17-8/h2-3,8,10,15H,4-6,13H2,1H3,(H2,12,14). The van der Waals surface area contributed by atoms with E-state index < -0.39 is 0 Å². The van der Waals surface area contributed by atoms with Crippen molar-refractivity contribution in [1.82, 2.24) is 10.4 Å². The van der Waals surface area contributed by atoms with E-state index in [1.54, 1.807) is 6.20 Å². The molecule has 0 amide bonds. The number of hydrogen-bond acceptors (Lipinski definition) is 6. The average Bonchev–Trinajstić information content (AvgIpc) is 2.35. The summed E-state index contributed by atoms with van der Waals surface area (Å²) in [5.74, 6) is 9.80. The van der Waals surface area contributed by atoms with Crippen molar-refractivity contribution in [3.8, 4) is 0 Å². The Labute approximate surface area is 110 Å². The van der Waals surface area contributed by atoms with E-state index in [1.165, 1.54) is 11.5 Å². The van der Waals surface area contributed by atoms with Crippen molar-refractivity contribution >= 4 is 29.3 Å². The Balaban J connectivity index is 2.27. The lowest BCUT2D eigenvalue weighted by atomic mass is 10.0. The summed E-state index contributed by atoms with van der Waals surface area (Å²) in [5.41, 5.74) is 11.1. The number of thioether (sulfide) groups is 2. The summed E-state index contributed by atoms with van der Waals surface area (Å²) in [6.45, 7) is 2.05. The third-order valence-corrected chi connectivity index (χ3v) is 5.81. The fourth-order valence-corrected chi connectivity index (χ4v) is 4.90. The van der Waals surface area contributed by atoms with E-state index in [2.05, 4.69) is 17.3 Å². The van der Waals surface area contributed by atoms with Gasteiger partial charge in [0, 0.05) is 34.3 Å². The third kappa shape index (κ3) is 2.88. The van der Waals surface area contributed by atoms with Crippen LogP contribution in [-0.4, -0.2) is 27.5 Å². The van der Waals surface area contributed by atoms with Crippen molar-refractivity contribution in [2.45, 2.75) is 18.2 Å². The zero-order valence-corrected chi connectivity index (χ0v) is 11.5. The Morgan fingerprint density at radius 1 is 1.53 bits per heavy atom. The van der Waals surface area contributed by atoms with Gasteiger partial charge in [-0.25, -0.2) is 4.98 Å². The molecule has 1 fully saturated rings. The molecule has 0 saturated carbocycles.